The Hall–Kier alpha value is -5.27. The summed E-state index contributed by atoms with van der Waals surface area (Å²) in [7, 11) is -6.21. The Bertz CT molecular complexity index is 4230. The predicted molar refractivity (Wildman–Crippen MR) is 534 cm³/mol. The van der Waals surface area contributed by atoms with Gasteiger partial charge in [-0.05, 0) is 0 Å². The van der Waals surface area contributed by atoms with Crippen molar-refractivity contribution in [2.24, 2.45) is 0 Å². The summed E-state index contributed by atoms with van der Waals surface area (Å²) in [5.41, 5.74) is 9.32. The van der Waals surface area contributed by atoms with Crippen molar-refractivity contribution in [2.75, 3.05) is 0 Å². The maximum atomic E-state index is 21.1. The van der Waals surface area contributed by atoms with E-state index in [0.717, 1.165) is 131 Å². The third kappa shape index (κ3) is 18.6. The standard InChI is InChI=1S/C112H169O4P3/c1-97(2,3)73-49-57-89(81(65-73)105(25,26)27)118(90-58-50-74(98(4,5)6)66-82(90)106(28,29)30,91-59-51-75(99(7,8)9)67-83(91)107(31,32)33,92-60-52-76(100(10,11)12)68-84(92)108(34,35)36)115-117(113,114)116-119(93-61-53-77(101(13,14)15)69-85(93)109(37,38)39,94-62-54-78(102(16,17)18)70-86(94)110(40,41)42,95-63-55-79(103(19,20)21)71-87(95)111(43,44)45)96-64-56-80(104(22,23)24)72-88(96)112(46,47)48/h49-72H,1-48H3,(H,113,114). The molecule has 0 saturated carbocycles. The van der Waals surface area contributed by atoms with E-state index in [2.05, 4.69) is 478 Å². The number of hydrogen-bond donors (Lipinski definition) is 1. The molecule has 8 rings (SSSR count). The Kier molecular flexibility index (Phi) is 25.4. The number of phosphoric acid groups is 1. The average molecular weight is 1670 g/mol. The molecule has 119 heavy (non-hydrogen) atoms. The molecular formula is C112H169O4P3. The maximum absolute atomic E-state index is 21.1. The predicted octanol–water partition coefficient (Wildman–Crippen LogP) is 29.4. The van der Waals surface area contributed by atoms with Gasteiger partial charge in [-0.1, -0.05) is 0 Å². The van der Waals surface area contributed by atoms with Gasteiger partial charge in [0.1, 0.15) is 0 Å². The van der Waals surface area contributed by atoms with Gasteiger partial charge in [0.05, 0.1) is 0 Å². The first-order valence-electron chi connectivity index (χ1n) is 44.8. The van der Waals surface area contributed by atoms with Gasteiger partial charge < -0.3 is 0 Å². The van der Waals surface area contributed by atoms with E-state index in [4.69, 9.17) is 0 Å². The van der Waals surface area contributed by atoms with E-state index >= 15 is 9.46 Å². The molecule has 0 radical (unpaired) electrons. The van der Waals surface area contributed by atoms with E-state index in [9.17, 15) is 8.62 Å². The molecule has 656 valence electrons. The van der Waals surface area contributed by atoms with Crippen LogP contribution in [0.5, 0.6) is 0 Å². The van der Waals surface area contributed by atoms with Gasteiger partial charge in [-0.25, -0.2) is 0 Å². The van der Waals surface area contributed by atoms with Crippen molar-refractivity contribution in [1.82, 2.24) is 0 Å². The number of rotatable bonds is 12. The van der Waals surface area contributed by atoms with Crippen LogP contribution in [0.2, 0.25) is 0 Å². The van der Waals surface area contributed by atoms with Crippen LogP contribution in [0, 0.1) is 0 Å². The third-order valence-corrected chi connectivity index (χ3v) is 40.3. The first-order valence-corrected chi connectivity index (χ1v) is 50.6. The second-order valence-electron chi connectivity index (χ2n) is 52.6. The van der Waals surface area contributed by atoms with Crippen LogP contribution in [-0.4, -0.2) is 4.89 Å². The molecule has 0 aromatic heterocycles. The van der Waals surface area contributed by atoms with Crippen LogP contribution in [0.4, 0.5) is 0 Å². The van der Waals surface area contributed by atoms with Gasteiger partial charge in [0.15, 0.2) is 0 Å². The summed E-state index contributed by atoms with van der Waals surface area (Å²) in [5, 5.41) is 6.97. The SMILES string of the molecule is CC(C)(C)c1ccc(P(OP(=O)(O)OP(c2ccc(C(C)(C)C)cc2C(C)(C)C)(c2ccc(C(C)(C)C)cc2C(C)(C)C)(c2ccc(C(C)(C)C)cc2C(C)(C)C)c2ccc(C(C)(C)C)cc2C(C)(C)C)(c2ccc(C(C)(C)C)cc2C(C)(C)C)(c2ccc(C(C)(C)C)cc2C(C)(C)C)c2ccc(C(C)(C)C)cc2C(C)(C)C)c(C(C)(C)C)c1. The zero-order valence-corrected chi connectivity index (χ0v) is 87.6. The fourth-order valence-corrected chi connectivity index (χ4v) is 37.5. The Balaban J connectivity index is 2.11. The molecule has 0 atom stereocenters. The summed E-state index contributed by atoms with van der Waals surface area (Å²) < 4.78 is 40.8. The van der Waals surface area contributed by atoms with E-state index in [1.807, 2.05) is 0 Å². The molecule has 0 saturated heterocycles. The van der Waals surface area contributed by atoms with Crippen LogP contribution in [0.1, 0.15) is 421 Å². The molecular weight excluding hydrogens is 1500 g/mol. The van der Waals surface area contributed by atoms with Crippen molar-refractivity contribution >= 4 is 63.9 Å². The van der Waals surface area contributed by atoms with Gasteiger partial charge in [-0.2, -0.15) is 0 Å². The van der Waals surface area contributed by atoms with E-state index in [1.54, 1.807) is 0 Å². The van der Waals surface area contributed by atoms with Crippen molar-refractivity contribution in [3.05, 3.63) is 235 Å². The summed E-state index contributed by atoms with van der Waals surface area (Å²) in [6, 6.07) is 57.9. The van der Waals surface area contributed by atoms with Gasteiger partial charge in [0.25, 0.3) is 0 Å². The van der Waals surface area contributed by atoms with Gasteiger partial charge in [-0.15, -0.1) is 0 Å². The summed E-state index contributed by atoms with van der Waals surface area (Å²) >= 11 is 0. The third-order valence-electron chi connectivity index (χ3n) is 25.6. The zero-order chi connectivity index (χ0) is 91.6. The second-order valence-corrected chi connectivity index (χ2v) is 62.8. The van der Waals surface area contributed by atoms with Gasteiger partial charge in [0, 0.05) is 0 Å². The molecule has 1 N–H and O–H groups in total. The first kappa shape index (κ1) is 99.2. The Morgan fingerprint density at radius 3 is 0.345 bits per heavy atom. The molecule has 0 fully saturated rings. The molecule has 8 aromatic carbocycles. The zero-order valence-electron chi connectivity index (χ0n) is 84.9. The summed E-state index contributed by atoms with van der Waals surface area (Å²) in [4.78, 5) is 17.2. The van der Waals surface area contributed by atoms with Crippen molar-refractivity contribution in [1.29, 1.82) is 0 Å². The van der Waals surface area contributed by atoms with Crippen LogP contribution >= 0.6 is 21.5 Å². The Morgan fingerprint density at radius 2 is 0.269 bits per heavy atom. The van der Waals surface area contributed by atoms with E-state index in [-0.39, 0.29) is 43.3 Å². The topological polar surface area (TPSA) is 55.8 Å². The molecule has 0 bridgehead atoms. The minimum absolute atomic E-state index is 0.343. The van der Waals surface area contributed by atoms with Gasteiger partial charge in [-0.3, -0.25) is 0 Å². The van der Waals surface area contributed by atoms with Gasteiger partial charge in [0.2, 0.25) is 0 Å². The molecule has 0 amide bonds. The molecule has 4 nitrogen and oxygen atoms in total. The Labute approximate surface area is 730 Å². The van der Waals surface area contributed by atoms with Crippen LogP contribution in [-0.2, 0) is 99.8 Å². The first-order chi connectivity index (χ1) is 52.8. The monoisotopic (exact) mass is 1670 g/mol. The average Bonchev–Trinajstić information content (AvgIpc) is 0.647. The molecule has 0 spiro atoms. The fraction of sp³-hybridized carbons (Fsp3) is 0.571. The van der Waals surface area contributed by atoms with Crippen LogP contribution < -0.4 is 42.4 Å². The van der Waals surface area contributed by atoms with Crippen molar-refractivity contribution in [2.45, 2.75) is 419 Å². The van der Waals surface area contributed by atoms with E-state index in [1.165, 1.54) is 0 Å². The molecule has 0 unspecified atom stereocenters. The Morgan fingerprint density at radius 1 is 0.176 bits per heavy atom. The van der Waals surface area contributed by atoms with Crippen LogP contribution in [0.3, 0.4) is 0 Å². The quantitative estimate of drug-likeness (QED) is 0.124. The van der Waals surface area contributed by atoms with Crippen molar-refractivity contribution in [3.8, 4) is 0 Å². The van der Waals surface area contributed by atoms with Gasteiger partial charge >= 0.3 is 736 Å². The van der Waals surface area contributed by atoms with Crippen molar-refractivity contribution in [3.63, 3.8) is 0 Å². The van der Waals surface area contributed by atoms with E-state index in [0.29, 0.717) is 0 Å². The summed E-state index contributed by atoms with van der Waals surface area (Å²) in [6.45, 7) is 100. The molecule has 7 heteroatoms. The molecule has 0 aliphatic heterocycles. The van der Waals surface area contributed by atoms with E-state index < -0.39 is 64.8 Å². The molecule has 0 aliphatic carbocycles. The molecule has 0 aliphatic rings. The molecule has 8 aromatic rings. The normalized spacial score (nSPS) is 15.6. The van der Waals surface area contributed by atoms with Crippen LogP contribution in [0.25, 0.3) is 0 Å². The van der Waals surface area contributed by atoms with Crippen LogP contribution in [0.15, 0.2) is 146 Å². The second kappa shape index (κ2) is 30.5. The number of benzene rings is 8. The summed E-state index contributed by atoms with van der Waals surface area (Å²) in [5.74, 6) is 0. The minimum atomic E-state index is -6.21. The van der Waals surface area contributed by atoms with Crippen molar-refractivity contribution < 1.29 is 18.1 Å². The fourth-order valence-electron chi connectivity index (χ4n) is 18.1. The number of hydrogen-bond acceptors (Lipinski definition) is 3. The summed E-state index contributed by atoms with van der Waals surface area (Å²) in [6.07, 6.45) is 0. The molecule has 0 heterocycles.